The normalized spacial score (nSPS) is 38.7. The smallest absolute Gasteiger partial charge is 0.253 e. The number of ether oxygens (including phenoxy) is 2. The van der Waals surface area contributed by atoms with E-state index in [0.717, 1.165) is 32.9 Å². The van der Waals surface area contributed by atoms with Crippen molar-refractivity contribution >= 4 is 5.91 Å². The fourth-order valence-electron chi connectivity index (χ4n) is 4.53. The maximum Gasteiger partial charge on any atom is 0.253 e. The Morgan fingerprint density at radius 1 is 1.07 bits per heavy atom. The van der Waals surface area contributed by atoms with E-state index in [1.165, 1.54) is 0 Å². The Morgan fingerprint density at radius 3 is 2.27 bits per heavy atom. The predicted octanol–water partition coefficient (Wildman–Crippen LogP) is -3.77. The van der Waals surface area contributed by atoms with Gasteiger partial charge in [-0.25, -0.2) is 0 Å². The molecule has 2 saturated carbocycles. The van der Waals surface area contributed by atoms with Gasteiger partial charge in [-0.05, 0) is 43.1 Å². The lowest BCUT2D eigenvalue weighted by molar-refractivity contribution is -0.324. The predicted molar refractivity (Wildman–Crippen MR) is 139 cm³/mol. The van der Waals surface area contributed by atoms with E-state index < -0.39 is 48.4 Å². The zero-order chi connectivity index (χ0) is 30.3. The van der Waals surface area contributed by atoms with Crippen molar-refractivity contribution < 1.29 is 59.5 Å². The van der Waals surface area contributed by atoms with Crippen LogP contribution in [-0.4, -0.2) is 136 Å². The number of nitrogens with two attached hydrogens (primary N) is 2. The monoisotopic (exact) mass is 588 g/mol. The first-order valence-corrected chi connectivity index (χ1v) is 13.6. The van der Waals surface area contributed by atoms with Crippen molar-refractivity contribution in [1.29, 1.82) is 0 Å². The second-order valence-corrected chi connectivity index (χ2v) is 10.3. The van der Waals surface area contributed by atoms with Crippen LogP contribution in [0, 0.1) is 0 Å². The van der Waals surface area contributed by atoms with Gasteiger partial charge < -0.3 is 67.3 Å². The summed E-state index contributed by atoms with van der Waals surface area (Å²) in [7, 11) is 1.00. The Morgan fingerprint density at radius 2 is 1.75 bits per heavy atom. The standard InChI is InChI=1S/C10H19N3O3.C8H17NO3.C5H9FO4.CH4O/c11-5-1-6(3-7(14)2-5)13-9(15)10(16)4-8(10)12;10-5-4-9-6-7-2-1-3-8(11)12-7;6-10-5-4(8)1-3(7)2-9-5;1-2/h5-8,14,16H,1-4,11-12H2,(H,13,15);7-11H,1-6H2;3-5,7-8H,1-2H2;2H,1H3/t;7?,8-;;/m.0../s1. The number of carbonyl (C=O) groups is 1. The summed E-state index contributed by atoms with van der Waals surface area (Å²) in [5.41, 5.74) is 9.82. The van der Waals surface area contributed by atoms with Crippen LogP contribution < -0.4 is 22.1 Å². The SMILES string of the molecule is CO.NC1CC(O)CC(NC(=O)C2(O)CC2N)C1.OC1COC(OF)C(O)C1.OCCNCC1CCC[C@@H](O)O1. The van der Waals surface area contributed by atoms with Crippen molar-refractivity contribution in [3.63, 3.8) is 0 Å². The molecule has 2 aliphatic carbocycles. The van der Waals surface area contributed by atoms with Gasteiger partial charge in [0.15, 0.2) is 11.9 Å². The van der Waals surface area contributed by atoms with Crippen molar-refractivity contribution in [1.82, 2.24) is 10.6 Å². The fraction of sp³-hybridized carbons (Fsp3) is 0.958. The van der Waals surface area contributed by atoms with Crippen LogP contribution in [0.5, 0.6) is 0 Å². The molecule has 9 unspecified atom stereocenters. The highest BCUT2D eigenvalue weighted by Crippen LogP contribution is 2.34. The largest absolute Gasteiger partial charge is 0.400 e. The van der Waals surface area contributed by atoms with Crippen LogP contribution in [0.15, 0.2) is 0 Å². The van der Waals surface area contributed by atoms with Crippen LogP contribution in [0.4, 0.5) is 4.53 Å². The number of carbonyl (C=O) groups excluding carboxylic acids is 1. The van der Waals surface area contributed by atoms with E-state index >= 15 is 0 Å². The van der Waals surface area contributed by atoms with Crippen LogP contribution >= 0.6 is 0 Å². The number of halogens is 1. The molecule has 4 fully saturated rings. The van der Waals surface area contributed by atoms with Crippen LogP contribution in [0.2, 0.25) is 0 Å². The Labute approximate surface area is 233 Å². The molecule has 13 N–H and O–H groups in total. The summed E-state index contributed by atoms with van der Waals surface area (Å²) >= 11 is 0. The molecule has 16 heteroatoms. The van der Waals surface area contributed by atoms with Gasteiger partial charge in [-0.2, -0.15) is 4.94 Å². The Hall–Kier alpha value is -1.12. The molecule has 0 aromatic heterocycles. The third-order valence-electron chi connectivity index (χ3n) is 6.79. The number of nitrogens with one attached hydrogen (secondary N) is 2. The lowest BCUT2D eigenvalue weighted by Crippen LogP contribution is -2.51. The first-order valence-electron chi connectivity index (χ1n) is 13.6. The molecule has 1 amide bonds. The molecule has 0 aromatic rings. The van der Waals surface area contributed by atoms with Crippen molar-refractivity contribution in [2.24, 2.45) is 11.5 Å². The van der Waals surface area contributed by atoms with E-state index in [2.05, 4.69) is 20.3 Å². The van der Waals surface area contributed by atoms with Gasteiger partial charge in [-0.3, -0.25) is 4.79 Å². The molecule has 0 spiro atoms. The zero-order valence-corrected chi connectivity index (χ0v) is 23.0. The topological polar surface area (TPSA) is 262 Å². The second kappa shape index (κ2) is 19.1. The minimum Gasteiger partial charge on any atom is -0.400 e. The highest BCUT2D eigenvalue weighted by atomic mass is 19.3. The average Bonchev–Trinajstić information content (AvgIpc) is 3.53. The van der Waals surface area contributed by atoms with Crippen LogP contribution in [0.25, 0.3) is 0 Å². The van der Waals surface area contributed by atoms with Gasteiger partial charge in [0.2, 0.25) is 6.29 Å². The summed E-state index contributed by atoms with van der Waals surface area (Å²) < 4.78 is 21.2. The zero-order valence-electron chi connectivity index (χ0n) is 23.0. The Kier molecular flexibility index (Phi) is 17.7. The van der Waals surface area contributed by atoms with E-state index in [4.69, 9.17) is 41.7 Å². The Balaban J connectivity index is 0.000000299. The molecule has 40 heavy (non-hydrogen) atoms. The summed E-state index contributed by atoms with van der Waals surface area (Å²) in [6.45, 7) is 1.47. The molecule has 15 nitrogen and oxygen atoms in total. The van der Waals surface area contributed by atoms with E-state index in [0.29, 0.717) is 32.2 Å². The minimum atomic E-state index is -1.40. The molecular weight excluding hydrogens is 539 g/mol. The molecule has 4 rings (SSSR count). The van der Waals surface area contributed by atoms with Gasteiger partial charge in [0.25, 0.3) is 5.91 Å². The van der Waals surface area contributed by atoms with Crippen molar-refractivity contribution in [2.45, 2.75) is 112 Å². The van der Waals surface area contributed by atoms with Crippen molar-refractivity contribution in [3.05, 3.63) is 0 Å². The van der Waals surface area contributed by atoms with Gasteiger partial charge in [-0.1, -0.05) is 0 Å². The van der Waals surface area contributed by atoms with Crippen LogP contribution in [0.3, 0.4) is 0 Å². The number of aliphatic hydroxyl groups is 7. The minimum absolute atomic E-state index is 0.00560. The lowest BCUT2D eigenvalue weighted by atomic mass is 9.89. The van der Waals surface area contributed by atoms with Gasteiger partial charge in [0.1, 0.15) is 6.10 Å². The van der Waals surface area contributed by atoms with Gasteiger partial charge in [-0.15, -0.1) is 0 Å². The van der Waals surface area contributed by atoms with Crippen molar-refractivity contribution in [2.75, 3.05) is 33.4 Å². The molecule has 2 aliphatic heterocycles. The van der Waals surface area contributed by atoms with Crippen LogP contribution in [-0.2, 0) is 19.2 Å². The van der Waals surface area contributed by atoms with Gasteiger partial charge >= 0.3 is 0 Å². The number of hydrogen-bond donors (Lipinski definition) is 11. The van der Waals surface area contributed by atoms with E-state index in [1.807, 2.05) is 0 Å². The first kappa shape index (κ1) is 36.9. The quantitative estimate of drug-likeness (QED) is 0.128. The fourth-order valence-corrected chi connectivity index (χ4v) is 4.53. The summed E-state index contributed by atoms with van der Waals surface area (Å²) in [5.74, 6) is -0.439. The molecule has 2 heterocycles. The van der Waals surface area contributed by atoms with Crippen LogP contribution in [0.1, 0.15) is 51.4 Å². The van der Waals surface area contributed by atoms with Gasteiger partial charge in [0.05, 0.1) is 31.5 Å². The van der Waals surface area contributed by atoms with E-state index in [9.17, 15) is 19.5 Å². The molecule has 4 aliphatic rings. The summed E-state index contributed by atoms with van der Waals surface area (Å²) in [6, 6.07) is -0.727. The summed E-state index contributed by atoms with van der Waals surface area (Å²) in [5, 5.41) is 67.3. The van der Waals surface area contributed by atoms with E-state index in [1.54, 1.807) is 0 Å². The average molecular weight is 589 g/mol. The molecule has 0 radical (unpaired) electrons. The number of hydrogen-bond acceptors (Lipinski definition) is 14. The lowest BCUT2D eigenvalue weighted by Gasteiger charge is -2.31. The molecule has 238 valence electrons. The number of amides is 1. The summed E-state index contributed by atoms with van der Waals surface area (Å²) in [4.78, 5) is 14.9. The highest BCUT2D eigenvalue weighted by molar-refractivity contribution is 5.89. The third kappa shape index (κ3) is 13.2. The van der Waals surface area contributed by atoms with E-state index in [-0.39, 0.29) is 37.8 Å². The molecule has 0 bridgehead atoms. The Bertz CT molecular complexity index is 693. The highest BCUT2D eigenvalue weighted by Gasteiger charge is 2.57. The molecule has 10 atom stereocenters. The molecular formula is C24H49FN4O11. The maximum atomic E-state index is 11.7. The maximum absolute atomic E-state index is 11.7. The third-order valence-corrected chi connectivity index (χ3v) is 6.79. The van der Waals surface area contributed by atoms with Gasteiger partial charge in [0, 0.05) is 51.2 Å². The van der Waals surface area contributed by atoms with Crippen molar-refractivity contribution in [3.8, 4) is 0 Å². The molecule has 0 aromatic carbocycles. The second-order valence-electron chi connectivity index (χ2n) is 10.3. The number of rotatable bonds is 7. The number of aliphatic hydroxyl groups excluding tert-OH is 6. The summed E-state index contributed by atoms with van der Waals surface area (Å²) in [6.07, 6.45) is 0.873. The molecule has 2 saturated heterocycles. The first-order chi connectivity index (χ1) is 19.0.